The van der Waals surface area contributed by atoms with Crippen molar-refractivity contribution in [2.75, 3.05) is 4.72 Å². The maximum atomic E-state index is 12.0. The van der Waals surface area contributed by atoms with Crippen molar-refractivity contribution in [1.82, 2.24) is 4.98 Å². The molecule has 2 N–H and O–H groups in total. The molecule has 0 radical (unpaired) electrons. The minimum absolute atomic E-state index is 0.541. The van der Waals surface area contributed by atoms with Crippen molar-refractivity contribution in [3.05, 3.63) is 71.8 Å². The average Bonchev–Trinajstić information content (AvgIpc) is 2.93. The van der Waals surface area contributed by atoms with Gasteiger partial charge in [-0.1, -0.05) is 30.3 Å². The summed E-state index contributed by atoms with van der Waals surface area (Å²) < 4.78 is 26.6. The van der Waals surface area contributed by atoms with Crippen LogP contribution in [0.25, 0.3) is 17.0 Å². The van der Waals surface area contributed by atoms with E-state index in [2.05, 4.69) is 9.71 Å². The van der Waals surface area contributed by atoms with E-state index in [1.54, 1.807) is 18.2 Å². The Labute approximate surface area is 123 Å². The summed E-state index contributed by atoms with van der Waals surface area (Å²) in [4.78, 5) is 3.07. The molecule has 0 aliphatic heterocycles. The Morgan fingerprint density at radius 2 is 1.81 bits per heavy atom. The van der Waals surface area contributed by atoms with Crippen molar-refractivity contribution in [2.45, 2.75) is 0 Å². The van der Waals surface area contributed by atoms with Crippen LogP contribution in [0.2, 0.25) is 0 Å². The van der Waals surface area contributed by atoms with E-state index < -0.39 is 10.0 Å². The lowest BCUT2D eigenvalue weighted by atomic mass is 10.2. The molecule has 0 atom stereocenters. The molecule has 2 aromatic carbocycles. The summed E-state index contributed by atoms with van der Waals surface area (Å²) in [7, 11) is -3.53. The highest BCUT2D eigenvalue weighted by atomic mass is 32.2. The van der Waals surface area contributed by atoms with Crippen LogP contribution in [0.15, 0.2) is 66.2 Å². The number of H-pyrrole nitrogens is 1. The second-order valence-corrected chi connectivity index (χ2v) is 6.21. The lowest BCUT2D eigenvalue weighted by Crippen LogP contribution is -2.08. The number of nitrogens with one attached hydrogen (secondary N) is 2. The number of aromatic nitrogens is 1. The van der Waals surface area contributed by atoms with E-state index in [0.717, 1.165) is 16.5 Å². The number of benzene rings is 2. The van der Waals surface area contributed by atoms with Gasteiger partial charge in [0.1, 0.15) is 0 Å². The molecule has 1 aromatic heterocycles. The van der Waals surface area contributed by atoms with Gasteiger partial charge in [-0.2, -0.15) is 0 Å². The SMILES string of the molecule is O=S(=O)(C=Cc1ccccc1)Nc1ccc2[nH]ccc2c1. The van der Waals surface area contributed by atoms with Gasteiger partial charge >= 0.3 is 0 Å². The first-order valence-corrected chi connectivity index (χ1v) is 8.00. The minimum Gasteiger partial charge on any atom is -0.361 e. The lowest BCUT2D eigenvalue weighted by molar-refractivity contribution is 0.609. The molecule has 0 bridgehead atoms. The molecular weight excluding hydrogens is 284 g/mol. The van der Waals surface area contributed by atoms with E-state index in [1.807, 2.05) is 48.7 Å². The standard InChI is InChI=1S/C16H14N2O2S/c19-21(20,11-9-13-4-2-1-3-5-13)18-15-6-7-16-14(12-15)8-10-17-16/h1-12,17-18H. The Balaban J connectivity index is 1.80. The molecule has 3 aromatic rings. The van der Waals surface area contributed by atoms with E-state index in [-0.39, 0.29) is 0 Å². The molecule has 21 heavy (non-hydrogen) atoms. The molecule has 4 nitrogen and oxygen atoms in total. The maximum absolute atomic E-state index is 12.0. The quantitative estimate of drug-likeness (QED) is 0.773. The predicted molar refractivity (Wildman–Crippen MR) is 86.3 cm³/mol. The van der Waals surface area contributed by atoms with Crippen LogP contribution < -0.4 is 4.72 Å². The van der Waals surface area contributed by atoms with Crippen LogP contribution in [-0.2, 0) is 10.0 Å². The Morgan fingerprint density at radius 3 is 2.62 bits per heavy atom. The third kappa shape index (κ3) is 3.32. The summed E-state index contributed by atoms with van der Waals surface area (Å²) in [5.74, 6) is 0. The van der Waals surface area contributed by atoms with Gasteiger partial charge in [0, 0.05) is 22.8 Å². The topological polar surface area (TPSA) is 62.0 Å². The zero-order valence-electron chi connectivity index (χ0n) is 11.2. The largest absolute Gasteiger partial charge is 0.361 e. The lowest BCUT2D eigenvalue weighted by Gasteiger charge is -2.04. The molecule has 1 heterocycles. The molecule has 5 heteroatoms. The van der Waals surface area contributed by atoms with Gasteiger partial charge in [-0.15, -0.1) is 0 Å². The maximum Gasteiger partial charge on any atom is 0.255 e. The fraction of sp³-hybridized carbons (Fsp3) is 0. The Bertz CT molecular complexity index is 881. The van der Waals surface area contributed by atoms with Gasteiger partial charge in [0.05, 0.1) is 5.41 Å². The van der Waals surface area contributed by atoms with Crippen molar-refractivity contribution in [2.24, 2.45) is 0 Å². The first-order valence-electron chi connectivity index (χ1n) is 6.45. The van der Waals surface area contributed by atoms with Crippen molar-refractivity contribution >= 4 is 32.7 Å². The van der Waals surface area contributed by atoms with Crippen LogP contribution in [0.1, 0.15) is 5.56 Å². The molecule has 3 rings (SSSR count). The molecule has 106 valence electrons. The van der Waals surface area contributed by atoms with Crippen LogP contribution in [0.3, 0.4) is 0 Å². The van der Waals surface area contributed by atoms with E-state index in [4.69, 9.17) is 0 Å². The second kappa shape index (κ2) is 5.46. The van der Waals surface area contributed by atoms with Gasteiger partial charge < -0.3 is 4.98 Å². The number of fused-ring (bicyclic) bond motifs is 1. The normalized spacial score (nSPS) is 12.0. The summed E-state index contributed by atoms with van der Waals surface area (Å²) in [5, 5.41) is 2.13. The van der Waals surface area contributed by atoms with E-state index in [9.17, 15) is 8.42 Å². The van der Waals surface area contributed by atoms with E-state index in [1.165, 1.54) is 5.41 Å². The smallest absolute Gasteiger partial charge is 0.255 e. The van der Waals surface area contributed by atoms with Crippen molar-refractivity contribution in [1.29, 1.82) is 0 Å². The highest BCUT2D eigenvalue weighted by Crippen LogP contribution is 2.19. The number of sulfonamides is 1. The molecule has 0 amide bonds. The van der Waals surface area contributed by atoms with Crippen molar-refractivity contribution in [3.8, 4) is 0 Å². The first-order chi connectivity index (χ1) is 10.1. The molecule has 0 unspecified atom stereocenters. The highest BCUT2D eigenvalue weighted by molar-refractivity contribution is 7.95. The summed E-state index contributed by atoms with van der Waals surface area (Å²) in [6, 6.07) is 16.6. The number of anilines is 1. The molecule has 0 saturated carbocycles. The zero-order valence-corrected chi connectivity index (χ0v) is 12.0. The van der Waals surface area contributed by atoms with Gasteiger partial charge in [-0.3, -0.25) is 4.72 Å². The molecular formula is C16H14N2O2S. The third-order valence-corrected chi connectivity index (χ3v) is 4.07. The van der Waals surface area contributed by atoms with Crippen LogP contribution in [0, 0.1) is 0 Å². The van der Waals surface area contributed by atoms with Gasteiger partial charge in [0.15, 0.2) is 0 Å². The van der Waals surface area contributed by atoms with Gasteiger partial charge in [0.25, 0.3) is 10.0 Å². The number of hydrogen-bond donors (Lipinski definition) is 2. The molecule has 0 saturated heterocycles. The monoisotopic (exact) mass is 298 g/mol. The summed E-state index contributed by atoms with van der Waals surface area (Å²) in [6.07, 6.45) is 3.38. The third-order valence-electron chi connectivity index (χ3n) is 3.05. The fourth-order valence-electron chi connectivity index (χ4n) is 2.05. The highest BCUT2D eigenvalue weighted by Gasteiger charge is 2.06. The Kier molecular flexibility index (Phi) is 3.50. The van der Waals surface area contributed by atoms with Gasteiger partial charge in [-0.25, -0.2) is 8.42 Å². The number of rotatable bonds is 4. The molecule has 0 aliphatic rings. The average molecular weight is 298 g/mol. The van der Waals surface area contributed by atoms with Crippen LogP contribution in [-0.4, -0.2) is 13.4 Å². The number of aromatic amines is 1. The predicted octanol–water partition coefficient (Wildman–Crippen LogP) is 3.58. The van der Waals surface area contributed by atoms with Crippen molar-refractivity contribution < 1.29 is 8.42 Å². The number of hydrogen-bond acceptors (Lipinski definition) is 2. The van der Waals surface area contributed by atoms with Gasteiger partial charge in [-0.05, 0) is 35.9 Å². The Morgan fingerprint density at radius 1 is 1.00 bits per heavy atom. The molecule has 0 fully saturated rings. The van der Waals surface area contributed by atoms with Gasteiger partial charge in [0.2, 0.25) is 0 Å². The summed E-state index contributed by atoms with van der Waals surface area (Å²) >= 11 is 0. The van der Waals surface area contributed by atoms with E-state index in [0.29, 0.717) is 5.69 Å². The summed E-state index contributed by atoms with van der Waals surface area (Å²) in [6.45, 7) is 0. The van der Waals surface area contributed by atoms with E-state index >= 15 is 0 Å². The zero-order chi connectivity index (χ0) is 14.7. The van der Waals surface area contributed by atoms with Crippen LogP contribution >= 0.6 is 0 Å². The molecule has 0 spiro atoms. The van der Waals surface area contributed by atoms with Crippen molar-refractivity contribution in [3.63, 3.8) is 0 Å². The Hall–Kier alpha value is -2.53. The second-order valence-electron chi connectivity index (χ2n) is 4.64. The fourth-order valence-corrected chi connectivity index (χ4v) is 2.91. The van der Waals surface area contributed by atoms with Crippen LogP contribution in [0.4, 0.5) is 5.69 Å². The minimum atomic E-state index is -3.53. The molecule has 0 aliphatic carbocycles. The summed E-state index contributed by atoms with van der Waals surface area (Å²) in [5.41, 5.74) is 2.35. The van der Waals surface area contributed by atoms with Crippen LogP contribution in [0.5, 0.6) is 0 Å². The first kappa shape index (κ1) is 13.5.